The van der Waals surface area contributed by atoms with Crippen molar-refractivity contribution in [1.29, 1.82) is 0 Å². The predicted octanol–water partition coefficient (Wildman–Crippen LogP) is 4.54. The third-order valence-corrected chi connectivity index (χ3v) is 2.99. The molecule has 0 aliphatic carbocycles. The van der Waals surface area contributed by atoms with Crippen LogP contribution < -0.4 is 5.32 Å². The Morgan fingerprint density at radius 2 is 1.78 bits per heavy atom. The molecule has 1 aromatic carbocycles. The smallest absolute Gasteiger partial charge is 0.308 e. The Labute approximate surface area is 106 Å². The van der Waals surface area contributed by atoms with Crippen LogP contribution in [-0.2, 0) is 6.18 Å². The molecule has 0 aliphatic heterocycles. The molecular formula is C14H20F3N. The van der Waals surface area contributed by atoms with Crippen LogP contribution in [0.5, 0.6) is 0 Å². The summed E-state index contributed by atoms with van der Waals surface area (Å²) in [5.74, 6) is 0. The molecule has 0 aliphatic rings. The molecule has 2 atom stereocenters. The molecule has 0 saturated heterocycles. The monoisotopic (exact) mass is 259 g/mol. The van der Waals surface area contributed by atoms with E-state index in [-0.39, 0.29) is 12.1 Å². The van der Waals surface area contributed by atoms with E-state index in [0.717, 1.165) is 18.9 Å². The largest absolute Gasteiger partial charge is 0.416 e. The van der Waals surface area contributed by atoms with Gasteiger partial charge in [-0.1, -0.05) is 31.5 Å². The maximum absolute atomic E-state index is 12.9. The lowest BCUT2D eigenvalue weighted by molar-refractivity contribution is -0.138. The number of hydrogen-bond donors (Lipinski definition) is 1. The molecule has 0 heterocycles. The molecule has 0 radical (unpaired) electrons. The average molecular weight is 259 g/mol. The van der Waals surface area contributed by atoms with Crippen molar-refractivity contribution >= 4 is 0 Å². The van der Waals surface area contributed by atoms with Crippen LogP contribution in [0.1, 0.15) is 50.8 Å². The van der Waals surface area contributed by atoms with Crippen molar-refractivity contribution in [1.82, 2.24) is 5.32 Å². The van der Waals surface area contributed by atoms with E-state index in [0.29, 0.717) is 5.56 Å². The van der Waals surface area contributed by atoms with Crippen molar-refractivity contribution in [2.45, 2.75) is 51.9 Å². The zero-order valence-electron chi connectivity index (χ0n) is 11.0. The predicted molar refractivity (Wildman–Crippen MR) is 67.4 cm³/mol. The molecule has 1 N–H and O–H groups in total. The van der Waals surface area contributed by atoms with Gasteiger partial charge in [0.1, 0.15) is 0 Å². The van der Waals surface area contributed by atoms with Gasteiger partial charge in [-0.25, -0.2) is 0 Å². The number of rotatable bonds is 5. The molecule has 1 nitrogen and oxygen atoms in total. The summed E-state index contributed by atoms with van der Waals surface area (Å²) < 4.78 is 38.6. The van der Waals surface area contributed by atoms with Crippen molar-refractivity contribution in [3.05, 3.63) is 35.4 Å². The number of benzene rings is 1. The van der Waals surface area contributed by atoms with Crippen molar-refractivity contribution < 1.29 is 13.2 Å². The van der Waals surface area contributed by atoms with Crippen molar-refractivity contribution in [2.24, 2.45) is 0 Å². The number of alkyl halides is 3. The summed E-state index contributed by atoms with van der Waals surface area (Å²) in [5, 5.41) is 3.21. The Kier molecular flexibility index (Phi) is 5.20. The summed E-state index contributed by atoms with van der Waals surface area (Å²) in [7, 11) is 0. The van der Waals surface area contributed by atoms with Crippen LogP contribution >= 0.6 is 0 Å². The van der Waals surface area contributed by atoms with Gasteiger partial charge in [-0.2, -0.15) is 13.2 Å². The highest BCUT2D eigenvalue weighted by Gasteiger charge is 2.34. The summed E-state index contributed by atoms with van der Waals surface area (Å²) in [4.78, 5) is 0. The maximum atomic E-state index is 12.9. The topological polar surface area (TPSA) is 12.0 Å². The standard InChI is InChI=1S/C14H20F3N/c1-4-7-10(2)18-11(3)12-8-5-6-9-13(12)14(15,16)17/h5-6,8-11,18H,4,7H2,1-3H3. The summed E-state index contributed by atoms with van der Waals surface area (Å²) >= 11 is 0. The lowest BCUT2D eigenvalue weighted by Gasteiger charge is -2.23. The molecule has 0 bridgehead atoms. The van der Waals surface area contributed by atoms with E-state index < -0.39 is 11.7 Å². The first-order chi connectivity index (χ1) is 8.36. The molecular weight excluding hydrogens is 239 g/mol. The highest BCUT2D eigenvalue weighted by molar-refractivity contribution is 5.32. The van der Waals surface area contributed by atoms with Gasteiger partial charge in [0, 0.05) is 12.1 Å². The SMILES string of the molecule is CCCC(C)NC(C)c1ccccc1C(F)(F)F. The van der Waals surface area contributed by atoms with E-state index in [2.05, 4.69) is 12.2 Å². The number of halogens is 3. The van der Waals surface area contributed by atoms with Crippen molar-refractivity contribution in [3.8, 4) is 0 Å². The summed E-state index contributed by atoms with van der Waals surface area (Å²) in [6.45, 7) is 5.83. The van der Waals surface area contributed by atoms with Gasteiger partial charge in [-0.15, -0.1) is 0 Å². The van der Waals surface area contributed by atoms with Crippen LogP contribution in [0.15, 0.2) is 24.3 Å². The average Bonchev–Trinajstić information content (AvgIpc) is 2.28. The molecule has 1 aromatic rings. The highest BCUT2D eigenvalue weighted by atomic mass is 19.4. The van der Waals surface area contributed by atoms with E-state index in [1.54, 1.807) is 19.1 Å². The first kappa shape index (κ1) is 15.0. The van der Waals surface area contributed by atoms with Gasteiger partial charge in [-0.3, -0.25) is 0 Å². The van der Waals surface area contributed by atoms with Crippen molar-refractivity contribution in [2.75, 3.05) is 0 Å². The fraction of sp³-hybridized carbons (Fsp3) is 0.571. The molecule has 2 unspecified atom stereocenters. The van der Waals surface area contributed by atoms with E-state index in [1.807, 2.05) is 6.92 Å². The van der Waals surface area contributed by atoms with Gasteiger partial charge in [0.05, 0.1) is 5.56 Å². The first-order valence-corrected chi connectivity index (χ1v) is 6.28. The molecule has 0 spiro atoms. The second-order valence-electron chi connectivity index (χ2n) is 4.66. The minimum atomic E-state index is -4.29. The molecule has 0 saturated carbocycles. The van der Waals surface area contributed by atoms with Gasteiger partial charge in [-0.05, 0) is 31.9 Å². The fourth-order valence-corrected chi connectivity index (χ4v) is 2.17. The Morgan fingerprint density at radius 1 is 1.17 bits per heavy atom. The normalized spacial score (nSPS) is 15.4. The van der Waals surface area contributed by atoms with Crippen LogP contribution in [0.25, 0.3) is 0 Å². The van der Waals surface area contributed by atoms with Gasteiger partial charge >= 0.3 is 6.18 Å². The minimum Gasteiger partial charge on any atom is -0.308 e. The number of nitrogens with one attached hydrogen (secondary N) is 1. The Balaban J connectivity index is 2.89. The van der Waals surface area contributed by atoms with Crippen LogP contribution in [0.2, 0.25) is 0 Å². The van der Waals surface area contributed by atoms with Crippen molar-refractivity contribution in [3.63, 3.8) is 0 Å². The van der Waals surface area contributed by atoms with Gasteiger partial charge in [0.15, 0.2) is 0 Å². The van der Waals surface area contributed by atoms with E-state index in [4.69, 9.17) is 0 Å². The molecule has 102 valence electrons. The van der Waals surface area contributed by atoms with Crippen LogP contribution in [0.4, 0.5) is 13.2 Å². The lowest BCUT2D eigenvalue weighted by atomic mass is 10.00. The second kappa shape index (κ2) is 6.23. The fourth-order valence-electron chi connectivity index (χ4n) is 2.17. The first-order valence-electron chi connectivity index (χ1n) is 6.28. The third kappa shape index (κ3) is 4.02. The molecule has 1 rings (SSSR count). The quantitative estimate of drug-likeness (QED) is 0.818. The summed E-state index contributed by atoms with van der Waals surface area (Å²) in [5.41, 5.74) is -0.235. The summed E-state index contributed by atoms with van der Waals surface area (Å²) in [6.07, 6.45) is -2.32. The summed E-state index contributed by atoms with van der Waals surface area (Å²) in [6, 6.07) is 5.66. The van der Waals surface area contributed by atoms with E-state index in [1.165, 1.54) is 6.07 Å². The number of hydrogen-bond acceptors (Lipinski definition) is 1. The minimum absolute atomic E-state index is 0.214. The van der Waals surface area contributed by atoms with Gasteiger partial charge < -0.3 is 5.32 Å². The maximum Gasteiger partial charge on any atom is 0.416 e. The Hall–Kier alpha value is -1.03. The molecule has 0 fully saturated rings. The zero-order chi connectivity index (χ0) is 13.8. The highest BCUT2D eigenvalue weighted by Crippen LogP contribution is 2.34. The van der Waals surface area contributed by atoms with E-state index in [9.17, 15) is 13.2 Å². The van der Waals surface area contributed by atoms with Gasteiger partial charge in [0.2, 0.25) is 0 Å². The molecule has 0 amide bonds. The van der Waals surface area contributed by atoms with Crippen LogP contribution in [-0.4, -0.2) is 6.04 Å². The molecule has 0 aromatic heterocycles. The van der Waals surface area contributed by atoms with Crippen LogP contribution in [0, 0.1) is 0 Å². The Morgan fingerprint density at radius 3 is 2.33 bits per heavy atom. The lowest BCUT2D eigenvalue weighted by Crippen LogP contribution is -2.30. The third-order valence-electron chi connectivity index (χ3n) is 2.99. The van der Waals surface area contributed by atoms with Gasteiger partial charge in [0.25, 0.3) is 0 Å². The zero-order valence-corrected chi connectivity index (χ0v) is 11.0. The molecule has 18 heavy (non-hydrogen) atoms. The van der Waals surface area contributed by atoms with E-state index >= 15 is 0 Å². The molecule has 4 heteroatoms. The van der Waals surface area contributed by atoms with Crippen LogP contribution in [0.3, 0.4) is 0 Å². The Bertz CT molecular complexity index is 374. The second-order valence-corrected chi connectivity index (χ2v) is 4.66.